The predicted octanol–water partition coefficient (Wildman–Crippen LogP) is 10.1. The average molecular weight is 562 g/mol. The molecule has 3 aliphatic carbocycles. The Labute approximate surface area is 230 Å². The lowest BCUT2D eigenvalue weighted by Gasteiger charge is -2.44. The van der Waals surface area contributed by atoms with Crippen LogP contribution in [0.3, 0.4) is 0 Å². The zero-order valence-corrected chi connectivity index (χ0v) is 25.3. The third-order valence-electron chi connectivity index (χ3n) is 9.65. The molecule has 5 atom stereocenters. The van der Waals surface area contributed by atoms with E-state index in [4.69, 9.17) is 4.74 Å². The van der Waals surface area contributed by atoms with Gasteiger partial charge in [0.25, 0.3) is 0 Å². The third-order valence-corrected chi connectivity index (χ3v) is 10.2. The smallest absolute Gasteiger partial charge is 0.306 e. The van der Waals surface area contributed by atoms with Crippen LogP contribution in [0.5, 0.6) is 0 Å². The maximum Gasteiger partial charge on any atom is 0.306 e. The molecule has 2 nitrogen and oxygen atoms in total. The second-order valence-corrected chi connectivity index (χ2v) is 13.6. The molecule has 0 aromatic heterocycles. The molecule has 5 unspecified atom stereocenters. The van der Waals surface area contributed by atoms with Gasteiger partial charge in [-0.3, -0.25) is 4.79 Å². The van der Waals surface area contributed by atoms with E-state index >= 15 is 0 Å². The number of alkyl halides is 1. The van der Waals surface area contributed by atoms with Crippen LogP contribution in [0.1, 0.15) is 124 Å². The van der Waals surface area contributed by atoms with Crippen LogP contribution in [0.4, 0.5) is 0 Å². The summed E-state index contributed by atoms with van der Waals surface area (Å²) >= 11 is 3.46. The second-order valence-electron chi connectivity index (χ2n) is 12.8. The van der Waals surface area contributed by atoms with Crippen LogP contribution in [0.2, 0.25) is 0 Å². The predicted molar refractivity (Wildman–Crippen MR) is 157 cm³/mol. The largest absolute Gasteiger partial charge is 0.462 e. The highest BCUT2D eigenvalue weighted by molar-refractivity contribution is 9.09. The average Bonchev–Trinajstić information content (AvgIpc) is 3.19. The summed E-state index contributed by atoms with van der Waals surface area (Å²) in [6.07, 6.45) is 22.1. The first-order valence-electron chi connectivity index (χ1n) is 15.1. The van der Waals surface area contributed by atoms with E-state index in [2.05, 4.69) is 62.4 Å². The monoisotopic (exact) mass is 560 g/mol. The van der Waals surface area contributed by atoms with E-state index in [-0.39, 0.29) is 12.1 Å². The van der Waals surface area contributed by atoms with Gasteiger partial charge in [-0.1, -0.05) is 99.2 Å². The van der Waals surface area contributed by atoms with Crippen molar-refractivity contribution in [2.45, 2.75) is 130 Å². The topological polar surface area (TPSA) is 26.3 Å². The van der Waals surface area contributed by atoms with Crippen molar-refractivity contribution in [1.29, 1.82) is 0 Å². The Balaban J connectivity index is 1.60. The van der Waals surface area contributed by atoms with Crippen molar-refractivity contribution < 1.29 is 9.53 Å². The van der Waals surface area contributed by atoms with Crippen LogP contribution in [0.25, 0.3) is 0 Å². The van der Waals surface area contributed by atoms with Crippen molar-refractivity contribution in [2.24, 2.45) is 29.1 Å². The van der Waals surface area contributed by atoms with Gasteiger partial charge in [0.15, 0.2) is 0 Å². The molecular formula is C33H53BrO2. The number of allylic oxidation sites excluding steroid dienone is 4. The summed E-state index contributed by atoms with van der Waals surface area (Å²) in [7, 11) is 0. The van der Waals surface area contributed by atoms with Gasteiger partial charge >= 0.3 is 5.97 Å². The Morgan fingerprint density at radius 3 is 2.64 bits per heavy atom. The number of fused-ring (bicyclic) bond motifs is 1. The van der Waals surface area contributed by atoms with E-state index in [1.165, 1.54) is 62.5 Å². The minimum absolute atomic E-state index is 0.0167. The number of carbonyl (C=O) groups excluding carboxylic acids is 1. The molecule has 3 fully saturated rings. The first kappa shape index (κ1) is 29.7. The number of unbranched alkanes of at least 4 members (excludes halogenated alkanes) is 2. The number of rotatable bonds is 12. The summed E-state index contributed by atoms with van der Waals surface area (Å²) in [6, 6.07) is 0. The summed E-state index contributed by atoms with van der Waals surface area (Å²) in [5.74, 6) is 3.25. The van der Waals surface area contributed by atoms with Gasteiger partial charge in [-0.05, 0) is 92.4 Å². The molecule has 3 aliphatic rings. The Hall–Kier alpha value is -0.830. The number of esters is 1. The lowest BCUT2D eigenvalue weighted by atomic mass is 9.60. The summed E-state index contributed by atoms with van der Waals surface area (Å²) < 4.78 is 5.86. The fourth-order valence-corrected chi connectivity index (χ4v) is 7.93. The van der Waals surface area contributed by atoms with Crippen LogP contribution in [0, 0.1) is 29.1 Å². The van der Waals surface area contributed by atoms with E-state index in [0.29, 0.717) is 11.8 Å². The van der Waals surface area contributed by atoms with Gasteiger partial charge in [-0.25, -0.2) is 0 Å². The SMILES string of the molecule is C=C1CCC(OC(=O)CCCCCBr)C/C1=C/C=C1\CCCC2(C)C1CCC2C(C)CCCC(C)C. The Morgan fingerprint density at radius 2 is 1.89 bits per heavy atom. The van der Waals surface area contributed by atoms with Crippen LogP contribution in [0.15, 0.2) is 35.5 Å². The Kier molecular flexibility index (Phi) is 11.9. The van der Waals surface area contributed by atoms with E-state index in [9.17, 15) is 4.79 Å². The minimum Gasteiger partial charge on any atom is -0.462 e. The zero-order valence-electron chi connectivity index (χ0n) is 23.8. The maximum atomic E-state index is 12.3. The van der Waals surface area contributed by atoms with Crippen LogP contribution in [-0.4, -0.2) is 17.4 Å². The number of halogens is 1. The van der Waals surface area contributed by atoms with E-state index < -0.39 is 0 Å². The molecule has 36 heavy (non-hydrogen) atoms. The molecule has 0 spiro atoms. The standard InChI is InChI=1S/C33H53BrO2/c1-24(2)11-9-12-26(4)30-19-20-31-27(13-10-21-33(30,31)5)16-17-28-23-29(18-15-25(28)3)36-32(35)14-7-6-8-22-34/h16-17,24,26,29-31H,3,6-15,18-23H2,1-2,4-5H3/b27-16+,28-17-. The van der Waals surface area contributed by atoms with Gasteiger partial charge in [0, 0.05) is 18.2 Å². The summed E-state index contributed by atoms with van der Waals surface area (Å²) in [6.45, 7) is 14.2. The van der Waals surface area contributed by atoms with E-state index in [0.717, 1.165) is 67.5 Å². The molecule has 0 aliphatic heterocycles. The number of hydrogen-bond donors (Lipinski definition) is 0. The molecule has 0 saturated heterocycles. The fraction of sp³-hybridized carbons (Fsp3) is 0.788. The van der Waals surface area contributed by atoms with Crippen molar-refractivity contribution >= 4 is 21.9 Å². The van der Waals surface area contributed by atoms with Gasteiger partial charge in [-0.2, -0.15) is 0 Å². The minimum atomic E-state index is -0.0256. The lowest BCUT2D eigenvalue weighted by Crippen LogP contribution is -2.36. The van der Waals surface area contributed by atoms with Crippen molar-refractivity contribution in [3.63, 3.8) is 0 Å². The van der Waals surface area contributed by atoms with Crippen molar-refractivity contribution in [3.05, 3.63) is 35.5 Å². The number of hydrogen-bond acceptors (Lipinski definition) is 2. The van der Waals surface area contributed by atoms with Crippen molar-refractivity contribution in [1.82, 2.24) is 0 Å². The maximum absolute atomic E-state index is 12.3. The highest BCUT2D eigenvalue weighted by atomic mass is 79.9. The first-order valence-corrected chi connectivity index (χ1v) is 16.2. The molecule has 3 heteroatoms. The van der Waals surface area contributed by atoms with Gasteiger partial charge in [-0.15, -0.1) is 0 Å². The second kappa shape index (κ2) is 14.4. The van der Waals surface area contributed by atoms with E-state index in [1.54, 1.807) is 5.57 Å². The fourth-order valence-electron chi connectivity index (χ4n) is 7.53. The summed E-state index contributed by atoms with van der Waals surface area (Å²) in [5, 5.41) is 1.01. The van der Waals surface area contributed by atoms with Crippen molar-refractivity contribution in [2.75, 3.05) is 5.33 Å². The highest BCUT2D eigenvalue weighted by Crippen LogP contribution is 2.60. The van der Waals surface area contributed by atoms with Gasteiger partial charge in [0.1, 0.15) is 6.10 Å². The Bertz CT molecular complexity index is 794. The van der Waals surface area contributed by atoms with Crippen LogP contribution in [-0.2, 0) is 9.53 Å². The van der Waals surface area contributed by atoms with E-state index in [1.807, 2.05) is 0 Å². The van der Waals surface area contributed by atoms with Gasteiger partial charge in [0.2, 0.25) is 0 Å². The molecule has 0 heterocycles. The lowest BCUT2D eigenvalue weighted by molar-refractivity contribution is -0.149. The molecule has 0 aromatic rings. The quantitative estimate of drug-likeness (QED) is 0.135. The molecule has 0 N–H and O–H groups in total. The van der Waals surface area contributed by atoms with Crippen LogP contribution >= 0.6 is 15.9 Å². The highest BCUT2D eigenvalue weighted by Gasteiger charge is 2.50. The normalized spacial score (nSPS) is 31.7. The molecule has 0 aromatic carbocycles. The number of ether oxygens (including phenoxy) is 1. The summed E-state index contributed by atoms with van der Waals surface area (Å²) in [5.41, 5.74) is 4.68. The molecule has 3 saturated carbocycles. The number of carbonyl (C=O) groups is 1. The van der Waals surface area contributed by atoms with Gasteiger partial charge in [0.05, 0.1) is 0 Å². The molecule has 3 rings (SSSR count). The molecule has 204 valence electrons. The van der Waals surface area contributed by atoms with Crippen molar-refractivity contribution in [3.8, 4) is 0 Å². The third kappa shape index (κ3) is 8.08. The Morgan fingerprint density at radius 1 is 1.08 bits per heavy atom. The molecule has 0 amide bonds. The van der Waals surface area contributed by atoms with Crippen LogP contribution < -0.4 is 0 Å². The zero-order chi connectivity index (χ0) is 26.1. The molecule has 0 radical (unpaired) electrons. The molecular weight excluding hydrogens is 508 g/mol. The molecule has 0 bridgehead atoms. The van der Waals surface area contributed by atoms with Gasteiger partial charge < -0.3 is 4.74 Å². The summed E-state index contributed by atoms with van der Waals surface area (Å²) in [4.78, 5) is 12.3. The first-order chi connectivity index (χ1) is 17.2.